The molecule has 168 valence electrons. The molecule has 3 rings (SSSR count). The molecule has 2 aromatic rings. The predicted octanol–water partition coefficient (Wildman–Crippen LogP) is 2.96. The maximum Gasteiger partial charge on any atom is 0.317 e. The standard InChI is InChI=1S/C21H26ClN3O5S/c1-29-19-9-8-17(14-20(19)30-2)31(27,28)25-11-5-10-24(12-13-25)21(26)23-15-16-6-3-4-7-18(16)22/h3-4,6-9,14H,5,10-13,15H2,1-2H3,(H,23,26). The summed E-state index contributed by atoms with van der Waals surface area (Å²) in [6.45, 7) is 1.59. The quantitative estimate of drug-likeness (QED) is 0.705. The van der Waals surface area contributed by atoms with E-state index in [1.165, 1.54) is 30.7 Å². The van der Waals surface area contributed by atoms with Crippen molar-refractivity contribution < 1.29 is 22.7 Å². The van der Waals surface area contributed by atoms with E-state index in [4.69, 9.17) is 21.1 Å². The lowest BCUT2D eigenvalue weighted by molar-refractivity contribution is 0.200. The van der Waals surface area contributed by atoms with Crippen LogP contribution in [-0.2, 0) is 16.6 Å². The first-order valence-electron chi connectivity index (χ1n) is 9.85. The van der Waals surface area contributed by atoms with Crippen LogP contribution >= 0.6 is 11.6 Å². The smallest absolute Gasteiger partial charge is 0.317 e. The van der Waals surface area contributed by atoms with Crippen LogP contribution in [0.2, 0.25) is 5.02 Å². The molecule has 0 saturated carbocycles. The van der Waals surface area contributed by atoms with Crippen molar-refractivity contribution in [1.82, 2.24) is 14.5 Å². The minimum absolute atomic E-state index is 0.127. The third-order valence-electron chi connectivity index (χ3n) is 5.12. The van der Waals surface area contributed by atoms with Gasteiger partial charge in [-0.15, -0.1) is 0 Å². The lowest BCUT2D eigenvalue weighted by Crippen LogP contribution is -2.42. The molecule has 8 nitrogen and oxygen atoms in total. The highest BCUT2D eigenvalue weighted by Gasteiger charge is 2.29. The largest absolute Gasteiger partial charge is 0.493 e. The zero-order chi connectivity index (χ0) is 22.4. The maximum absolute atomic E-state index is 13.1. The Balaban J connectivity index is 1.65. The number of benzene rings is 2. The van der Waals surface area contributed by atoms with Crippen molar-refractivity contribution in [3.05, 3.63) is 53.1 Å². The van der Waals surface area contributed by atoms with Gasteiger partial charge in [-0.25, -0.2) is 13.2 Å². The van der Waals surface area contributed by atoms with E-state index in [-0.39, 0.29) is 17.5 Å². The molecule has 1 aliphatic heterocycles. The van der Waals surface area contributed by atoms with Gasteiger partial charge in [-0.1, -0.05) is 29.8 Å². The van der Waals surface area contributed by atoms with Gasteiger partial charge >= 0.3 is 6.03 Å². The lowest BCUT2D eigenvalue weighted by atomic mass is 10.2. The zero-order valence-corrected chi connectivity index (χ0v) is 19.1. The van der Waals surface area contributed by atoms with Crippen LogP contribution in [-0.4, -0.2) is 64.1 Å². The summed E-state index contributed by atoms with van der Waals surface area (Å²) < 4.78 is 38.1. The third-order valence-corrected chi connectivity index (χ3v) is 7.39. The monoisotopic (exact) mass is 467 g/mol. The van der Waals surface area contributed by atoms with Gasteiger partial charge in [0.25, 0.3) is 0 Å². The van der Waals surface area contributed by atoms with Gasteiger partial charge in [-0.3, -0.25) is 0 Å². The third kappa shape index (κ3) is 5.41. The number of hydrogen-bond acceptors (Lipinski definition) is 5. The lowest BCUT2D eigenvalue weighted by Gasteiger charge is -2.22. The van der Waals surface area contributed by atoms with E-state index in [0.717, 1.165) is 5.56 Å². The molecule has 2 aromatic carbocycles. The van der Waals surface area contributed by atoms with E-state index in [0.29, 0.717) is 49.1 Å². The Labute approximate surface area is 187 Å². The molecule has 0 aromatic heterocycles. The molecule has 0 atom stereocenters. The van der Waals surface area contributed by atoms with E-state index in [9.17, 15) is 13.2 Å². The summed E-state index contributed by atoms with van der Waals surface area (Å²) in [6, 6.07) is 11.6. The first kappa shape index (κ1) is 23.2. The average molecular weight is 468 g/mol. The number of urea groups is 1. The van der Waals surface area contributed by atoms with Crippen LogP contribution in [0.3, 0.4) is 0 Å². The highest BCUT2D eigenvalue weighted by atomic mass is 35.5. The van der Waals surface area contributed by atoms with Gasteiger partial charge in [0.15, 0.2) is 11.5 Å². The van der Waals surface area contributed by atoms with Gasteiger partial charge in [0.2, 0.25) is 10.0 Å². The van der Waals surface area contributed by atoms with Gasteiger partial charge in [0, 0.05) is 43.8 Å². The van der Waals surface area contributed by atoms with E-state index in [1.54, 1.807) is 17.0 Å². The summed E-state index contributed by atoms with van der Waals surface area (Å²) in [5, 5.41) is 3.44. The fraction of sp³-hybridized carbons (Fsp3) is 0.381. The fourth-order valence-electron chi connectivity index (χ4n) is 3.39. The SMILES string of the molecule is COc1ccc(S(=O)(=O)N2CCCN(C(=O)NCc3ccccc3Cl)CC2)cc1OC. The summed E-state index contributed by atoms with van der Waals surface area (Å²) in [7, 11) is -0.781. The molecule has 1 N–H and O–H groups in total. The second-order valence-electron chi connectivity index (χ2n) is 7.01. The van der Waals surface area contributed by atoms with Crippen LogP contribution in [0.15, 0.2) is 47.4 Å². The number of carbonyl (C=O) groups is 1. The van der Waals surface area contributed by atoms with Gasteiger partial charge in [-0.05, 0) is 30.2 Å². The van der Waals surface area contributed by atoms with E-state index in [1.807, 2.05) is 18.2 Å². The molecule has 31 heavy (non-hydrogen) atoms. The predicted molar refractivity (Wildman–Crippen MR) is 118 cm³/mol. The molecule has 1 saturated heterocycles. The van der Waals surface area contributed by atoms with E-state index < -0.39 is 10.0 Å². The molecule has 0 radical (unpaired) electrons. The van der Waals surface area contributed by atoms with Crippen LogP contribution < -0.4 is 14.8 Å². The highest BCUT2D eigenvalue weighted by molar-refractivity contribution is 7.89. The first-order valence-corrected chi connectivity index (χ1v) is 11.7. The fourth-order valence-corrected chi connectivity index (χ4v) is 5.08. The van der Waals surface area contributed by atoms with Gasteiger partial charge in [0.05, 0.1) is 19.1 Å². The molecule has 0 spiro atoms. The number of hydrogen-bond donors (Lipinski definition) is 1. The van der Waals surface area contributed by atoms with Crippen molar-refractivity contribution >= 4 is 27.7 Å². The first-order chi connectivity index (χ1) is 14.9. The Morgan fingerprint density at radius 2 is 1.77 bits per heavy atom. The number of ether oxygens (including phenoxy) is 2. The average Bonchev–Trinajstić information content (AvgIpc) is 3.05. The van der Waals surface area contributed by atoms with Crippen LogP contribution in [0, 0.1) is 0 Å². The van der Waals surface area contributed by atoms with Crippen molar-refractivity contribution in [1.29, 1.82) is 0 Å². The number of nitrogens with zero attached hydrogens (tertiary/aromatic N) is 2. The summed E-state index contributed by atoms with van der Waals surface area (Å²) in [5.41, 5.74) is 0.824. The van der Waals surface area contributed by atoms with Crippen molar-refractivity contribution in [3.8, 4) is 11.5 Å². The highest BCUT2D eigenvalue weighted by Crippen LogP contribution is 2.31. The van der Waals surface area contributed by atoms with Crippen molar-refractivity contribution in [2.45, 2.75) is 17.9 Å². The zero-order valence-electron chi connectivity index (χ0n) is 17.5. The summed E-state index contributed by atoms with van der Waals surface area (Å²) >= 11 is 6.13. The van der Waals surface area contributed by atoms with Gasteiger partial charge < -0.3 is 19.7 Å². The minimum Gasteiger partial charge on any atom is -0.493 e. The van der Waals surface area contributed by atoms with E-state index in [2.05, 4.69) is 5.32 Å². The molecular formula is C21H26ClN3O5S. The number of sulfonamides is 1. The number of carbonyl (C=O) groups excluding carboxylic acids is 1. The van der Waals surface area contributed by atoms with Gasteiger partial charge in [-0.2, -0.15) is 4.31 Å². The summed E-state index contributed by atoms with van der Waals surface area (Å²) in [5.74, 6) is 0.803. The molecule has 0 bridgehead atoms. The Kier molecular flexibility index (Phi) is 7.64. The summed E-state index contributed by atoms with van der Waals surface area (Å²) in [6.07, 6.45) is 0.534. The number of methoxy groups -OCH3 is 2. The molecule has 0 unspecified atom stereocenters. The number of amides is 2. The normalized spacial score (nSPS) is 15.3. The van der Waals surface area contributed by atoms with E-state index >= 15 is 0 Å². The number of nitrogens with one attached hydrogen (secondary N) is 1. The van der Waals surface area contributed by atoms with Gasteiger partial charge in [0.1, 0.15) is 0 Å². The topological polar surface area (TPSA) is 88.2 Å². The Morgan fingerprint density at radius 3 is 2.48 bits per heavy atom. The molecule has 1 heterocycles. The second kappa shape index (κ2) is 10.2. The molecule has 1 fully saturated rings. The van der Waals surface area contributed by atoms with Crippen molar-refractivity contribution in [2.75, 3.05) is 40.4 Å². The molecule has 10 heteroatoms. The van der Waals surface area contributed by atoms with Crippen LogP contribution in [0.5, 0.6) is 11.5 Å². The minimum atomic E-state index is -3.73. The molecule has 0 aliphatic carbocycles. The van der Waals surface area contributed by atoms with Crippen molar-refractivity contribution in [2.24, 2.45) is 0 Å². The van der Waals surface area contributed by atoms with Crippen LogP contribution in [0.1, 0.15) is 12.0 Å². The molecule has 2 amide bonds. The van der Waals surface area contributed by atoms with Crippen LogP contribution in [0.4, 0.5) is 4.79 Å². The number of rotatable bonds is 6. The second-order valence-corrected chi connectivity index (χ2v) is 9.36. The molecular weight excluding hydrogens is 442 g/mol. The number of halogens is 1. The Morgan fingerprint density at radius 1 is 1.03 bits per heavy atom. The van der Waals surface area contributed by atoms with Crippen molar-refractivity contribution in [3.63, 3.8) is 0 Å². The maximum atomic E-state index is 13.1. The van der Waals surface area contributed by atoms with Crippen LogP contribution in [0.25, 0.3) is 0 Å². The Hall–Kier alpha value is -2.49. The Bertz CT molecular complexity index is 1030. The summed E-state index contributed by atoms with van der Waals surface area (Å²) in [4.78, 5) is 14.3. The molecule has 1 aliphatic rings.